The van der Waals surface area contributed by atoms with Gasteiger partial charge in [0.15, 0.2) is 0 Å². The number of carbonyl (C=O) groups excluding carboxylic acids is 1. The van der Waals surface area contributed by atoms with Crippen LogP contribution < -0.4 is 5.32 Å². The van der Waals surface area contributed by atoms with Crippen LogP contribution in [0.2, 0.25) is 0 Å². The molecule has 3 aromatic rings. The van der Waals surface area contributed by atoms with Crippen molar-refractivity contribution in [3.05, 3.63) is 102 Å². The van der Waals surface area contributed by atoms with E-state index in [1.807, 2.05) is 66.9 Å². The van der Waals surface area contributed by atoms with E-state index < -0.39 is 0 Å². The second-order valence-corrected chi connectivity index (χ2v) is 7.30. The van der Waals surface area contributed by atoms with Crippen LogP contribution >= 0.6 is 11.8 Å². The Morgan fingerprint density at radius 1 is 0.846 bits per heavy atom. The molecule has 0 radical (unpaired) electrons. The molecule has 0 saturated heterocycles. The first-order chi connectivity index (χ1) is 12.6. The molecular formula is C23H23NOS. The van der Waals surface area contributed by atoms with Crippen molar-refractivity contribution in [2.75, 3.05) is 12.8 Å². The van der Waals surface area contributed by atoms with Gasteiger partial charge in [-0.1, -0.05) is 72.8 Å². The molecule has 1 amide bonds. The van der Waals surface area contributed by atoms with Gasteiger partial charge < -0.3 is 5.32 Å². The molecule has 3 heteroatoms. The zero-order chi connectivity index (χ0) is 18.4. The van der Waals surface area contributed by atoms with Crippen molar-refractivity contribution < 1.29 is 4.79 Å². The fourth-order valence-electron chi connectivity index (χ4n) is 3.17. The van der Waals surface area contributed by atoms with Crippen molar-refractivity contribution in [1.82, 2.24) is 5.32 Å². The molecule has 26 heavy (non-hydrogen) atoms. The predicted octanol–water partition coefficient (Wildman–Crippen LogP) is 5.14. The van der Waals surface area contributed by atoms with Gasteiger partial charge >= 0.3 is 0 Å². The van der Waals surface area contributed by atoms with E-state index in [0.717, 1.165) is 10.5 Å². The van der Waals surface area contributed by atoms with Crippen molar-refractivity contribution >= 4 is 17.7 Å². The maximum Gasteiger partial charge on any atom is 0.252 e. The number of amides is 1. The highest BCUT2D eigenvalue weighted by atomic mass is 32.2. The fourth-order valence-corrected chi connectivity index (χ4v) is 3.76. The van der Waals surface area contributed by atoms with Gasteiger partial charge in [0.05, 0.1) is 5.56 Å². The minimum atomic E-state index is -0.299. The Morgan fingerprint density at radius 3 is 1.88 bits per heavy atom. The molecule has 132 valence electrons. The SMILES string of the molecule is CSc1ccccc1C(=O)NCC(C)(c1ccccc1)c1ccccc1. The third-order valence-corrected chi connectivity index (χ3v) is 5.57. The van der Waals surface area contributed by atoms with Crippen molar-refractivity contribution in [2.45, 2.75) is 17.2 Å². The lowest BCUT2D eigenvalue weighted by molar-refractivity contribution is 0.0944. The minimum Gasteiger partial charge on any atom is -0.351 e. The van der Waals surface area contributed by atoms with E-state index in [0.29, 0.717) is 6.54 Å². The van der Waals surface area contributed by atoms with Crippen LogP contribution in [-0.2, 0) is 5.41 Å². The second-order valence-electron chi connectivity index (χ2n) is 6.45. The monoisotopic (exact) mass is 361 g/mol. The highest BCUT2D eigenvalue weighted by molar-refractivity contribution is 7.98. The van der Waals surface area contributed by atoms with Crippen LogP contribution in [0.1, 0.15) is 28.4 Å². The summed E-state index contributed by atoms with van der Waals surface area (Å²) in [6.45, 7) is 2.71. The average Bonchev–Trinajstić information content (AvgIpc) is 2.73. The summed E-state index contributed by atoms with van der Waals surface area (Å²) in [5.41, 5.74) is 2.80. The van der Waals surface area contributed by atoms with Gasteiger partial charge in [-0.15, -0.1) is 11.8 Å². The van der Waals surface area contributed by atoms with E-state index in [-0.39, 0.29) is 11.3 Å². The lowest BCUT2D eigenvalue weighted by Crippen LogP contribution is -2.39. The van der Waals surface area contributed by atoms with Gasteiger partial charge in [-0.05, 0) is 36.4 Å². The van der Waals surface area contributed by atoms with Gasteiger partial charge in [0.25, 0.3) is 5.91 Å². The third kappa shape index (κ3) is 3.83. The van der Waals surface area contributed by atoms with Gasteiger partial charge in [-0.3, -0.25) is 4.79 Å². The molecule has 2 nitrogen and oxygen atoms in total. The Bertz CT molecular complexity index is 822. The Labute approximate surface area is 159 Å². The molecule has 0 bridgehead atoms. The smallest absolute Gasteiger partial charge is 0.252 e. The van der Waals surface area contributed by atoms with Crippen LogP contribution in [0.3, 0.4) is 0 Å². The summed E-state index contributed by atoms with van der Waals surface area (Å²) in [4.78, 5) is 13.8. The van der Waals surface area contributed by atoms with Crippen molar-refractivity contribution in [3.8, 4) is 0 Å². The fraction of sp³-hybridized carbons (Fsp3) is 0.174. The second kappa shape index (κ2) is 8.24. The van der Waals surface area contributed by atoms with E-state index in [2.05, 4.69) is 36.5 Å². The predicted molar refractivity (Wildman–Crippen MR) is 110 cm³/mol. The molecule has 3 rings (SSSR count). The number of benzene rings is 3. The molecule has 0 aliphatic rings. The maximum atomic E-state index is 12.8. The number of hydrogen-bond acceptors (Lipinski definition) is 2. The zero-order valence-corrected chi connectivity index (χ0v) is 15.9. The maximum absolute atomic E-state index is 12.8. The average molecular weight is 362 g/mol. The highest BCUT2D eigenvalue weighted by Gasteiger charge is 2.29. The van der Waals surface area contributed by atoms with Gasteiger partial charge in [0, 0.05) is 16.9 Å². The van der Waals surface area contributed by atoms with Gasteiger partial charge in [-0.2, -0.15) is 0 Å². The molecule has 0 aliphatic heterocycles. The van der Waals surface area contributed by atoms with Crippen molar-refractivity contribution in [2.24, 2.45) is 0 Å². The van der Waals surface area contributed by atoms with E-state index in [1.165, 1.54) is 11.1 Å². The molecule has 0 spiro atoms. The summed E-state index contributed by atoms with van der Waals surface area (Å²) in [5, 5.41) is 3.16. The molecule has 0 aromatic heterocycles. The summed E-state index contributed by atoms with van der Waals surface area (Å²) in [5.74, 6) is -0.0342. The Balaban J connectivity index is 1.89. The summed E-state index contributed by atoms with van der Waals surface area (Å²) >= 11 is 1.59. The van der Waals surface area contributed by atoms with Gasteiger partial charge in [0.1, 0.15) is 0 Å². The van der Waals surface area contributed by atoms with E-state index in [4.69, 9.17) is 0 Å². The largest absolute Gasteiger partial charge is 0.351 e. The lowest BCUT2D eigenvalue weighted by Gasteiger charge is -2.31. The van der Waals surface area contributed by atoms with E-state index in [9.17, 15) is 4.79 Å². The molecule has 1 N–H and O–H groups in total. The number of thioether (sulfide) groups is 1. The van der Waals surface area contributed by atoms with Gasteiger partial charge in [0.2, 0.25) is 0 Å². The normalized spacial score (nSPS) is 11.2. The number of nitrogens with one attached hydrogen (secondary N) is 1. The molecule has 0 unspecified atom stereocenters. The number of carbonyl (C=O) groups is 1. The van der Waals surface area contributed by atoms with Crippen LogP contribution in [0, 0.1) is 0 Å². The van der Waals surface area contributed by atoms with Crippen molar-refractivity contribution in [1.29, 1.82) is 0 Å². The van der Waals surface area contributed by atoms with E-state index in [1.54, 1.807) is 11.8 Å². The Kier molecular flexibility index (Phi) is 5.79. The first kappa shape index (κ1) is 18.3. The molecular weight excluding hydrogens is 338 g/mol. The molecule has 0 heterocycles. The van der Waals surface area contributed by atoms with E-state index >= 15 is 0 Å². The first-order valence-electron chi connectivity index (χ1n) is 8.67. The lowest BCUT2D eigenvalue weighted by atomic mass is 9.76. The zero-order valence-electron chi connectivity index (χ0n) is 15.1. The highest BCUT2D eigenvalue weighted by Crippen LogP contribution is 2.31. The van der Waals surface area contributed by atoms with Crippen LogP contribution in [-0.4, -0.2) is 18.7 Å². The molecule has 0 fully saturated rings. The summed E-state index contributed by atoms with van der Waals surface area (Å²) in [6.07, 6.45) is 1.99. The van der Waals surface area contributed by atoms with Gasteiger partial charge in [-0.25, -0.2) is 0 Å². The molecule has 0 aliphatic carbocycles. The van der Waals surface area contributed by atoms with Crippen molar-refractivity contribution in [3.63, 3.8) is 0 Å². The quantitative estimate of drug-likeness (QED) is 0.616. The molecule has 0 atom stereocenters. The summed E-state index contributed by atoms with van der Waals surface area (Å²) in [6, 6.07) is 28.4. The third-order valence-electron chi connectivity index (χ3n) is 4.78. The minimum absolute atomic E-state index is 0.0342. The number of hydrogen-bond donors (Lipinski definition) is 1. The number of rotatable bonds is 6. The Morgan fingerprint density at radius 2 is 1.35 bits per heavy atom. The summed E-state index contributed by atoms with van der Waals surface area (Å²) in [7, 11) is 0. The van der Waals surface area contributed by atoms with Crippen LogP contribution in [0.25, 0.3) is 0 Å². The van der Waals surface area contributed by atoms with Crippen LogP contribution in [0.5, 0.6) is 0 Å². The summed E-state index contributed by atoms with van der Waals surface area (Å²) < 4.78 is 0. The van der Waals surface area contributed by atoms with Crippen LogP contribution in [0.4, 0.5) is 0 Å². The molecule has 3 aromatic carbocycles. The Hall–Kier alpha value is -2.52. The van der Waals surface area contributed by atoms with Crippen LogP contribution in [0.15, 0.2) is 89.8 Å². The topological polar surface area (TPSA) is 29.1 Å². The standard InChI is InChI=1S/C23H23NOS/c1-23(18-11-5-3-6-12-18,19-13-7-4-8-14-19)17-24-22(25)20-15-9-10-16-21(20)26-2/h3-16H,17H2,1-2H3,(H,24,25). The first-order valence-corrected chi connectivity index (χ1v) is 9.90. The molecule has 0 saturated carbocycles.